The summed E-state index contributed by atoms with van der Waals surface area (Å²) in [5.74, 6) is -2.24. The Morgan fingerprint density at radius 2 is 1.89 bits per heavy atom. The number of aromatic amines is 1. The van der Waals surface area contributed by atoms with Crippen molar-refractivity contribution in [1.29, 1.82) is 0 Å². The summed E-state index contributed by atoms with van der Waals surface area (Å²) in [6.45, 7) is 4.81. The molecule has 2 aromatic heterocycles. The maximum absolute atomic E-state index is 13.8. The van der Waals surface area contributed by atoms with Crippen LogP contribution in [0, 0.1) is 11.6 Å². The highest BCUT2D eigenvalue weighted by Crippen LogP contribution is 2.38. The van der Waals surface area contributed by atoms with E-state index >= 15 is 0 Å². The molecule has 1 saturated heterocycles. The summed E-state index contributed by atoms with van der Waals surface area (Å²) < 4.78 is 60.9. The number of pyridine rings is 1. The molecule has 38 heavy (non-hydrogen) atoms. The number of nitrogens with zero attached hydrogens (tertiary/aromatic N) is 3. The van der Waals surface area contributed by atoms with E-state index in [2.05, 4.69) is 25.8 Å². The maximum atomic E-state index is 13.8. The van der Waals surface area contributed by atoms with Crippen molar-refractivity contribution >= 4 is 27.4 Å². The van der Waals surface area contributed by atoms with Gasteiger partial charge in [0.25, 0.3) is 5.91 Å². The highest BCUT2D eigenvalue weighted by atomic mass is 32.2. The molecule has 1 aromatic carbocycles. The molecule has 0 radical (unpaired) electrons. The first kappa shape index (κ1) is 26.2. The fraction of sp³-hybridized carbons (Fsp3) is 0.400. The summed E-state index contributed by atoms with van der Waals surface area (Å²) in [5.41, 5.74) is 1.34. The summed E-state index contributed by atoms with van der Waals surface area (Å²) in [6.07, 6.45) is 4.70. The molecule has 3 aromatic rings. The van der Waals surface area contributed by atoms with E-state index in [0.29, 0.717) is 41.8 Å². The zero-order chi connectivity index (χ0) is 27.1. The number of carbonyl (C=O) groups is 1. The average molecular weight is 547 g/mol. The van der Waals surface area contributed by atoms with E-state index in [-0.39, 0.29) is 24.9 Å². The summed E-state index contributed by atoms with van der Waals surface area (Å²) in [4.78, 5) is 17.0. The lowest BCUT2D eigenvalue weighted by Crippen LogP contribution is -2.45. The van der Waals surface area contributed by atoms with Crippen molar-refractivity contribution in [1.82, 2.24) is 19.5 Å². The zero-order valence-corrected chi connectivity index (χ0v) is 21.7. The lowest BCUT2D eigenvalue weighted by Gasteiger charge is -2.36. The Kier molecular flexibility index (Phi) is 6.92. The van der Waals surface area contributed by atoms with Gasteiger partial charge in [-0.05, 0) is 31.0 Å². The number of amides is 1. The minimum Gasteiger partial charge on any atom is -0.381 e. The molecule has 2 aliphatic rings. The number of ether oxygens (including phenoxy) is 1. The molecule has 0 spiro atoms. The number of H-pyrrole nitrogens is 1. The van der Waals surface area contributed by atoms with E-state index in [9.17, 15) is 22.0 Å². The number of hydrogen-bond acceptors (Lipinski definition) is 7. The van der Waals surface area contributed by atoms with Gasteiger partial charge in [-0.1, -0.05) is 13.8 Å². The molecule has 2 aliphatic heterocycles. The first-order chi connectivity index (χ1) is 18.0. The van der Waals surface area contributed by atoms with E-state index in [0.717, 1.165) is 29.3 Å². The normalized spacial score (nSPS) is 18.1. The van der Waals surface area contributed by atoms with Crippen molar-refractivity contribution in [3.63, 3.8) is 0 Å². The van der Waals surface area contributed by atoms with Gasteiger partial charge < -0.3 is 15.4 Å². The number of carbonyl (C=O) groups excluding carboxylic acids is 1. The lowest BCUT2D eigenvalue weighted by atomic mass is 9.84. The highest BCUT2D eigenvalue weighted by molar-refractivity contribution is 7.89. The molecular weight excluding hydrogens is 518 g/mol. The molecule has 3 N–H and O–H groups in total. The van der Waals surface area contributed by atoms with Crippen molar-refractivity contribution in [2.24, 2.45) is 0 Å². The van der Waals surface area contributed by atoms with Crippen molar-refractivity contribution < 1.29 is 26.7 Å². The Bertz CT molecular complexity index is 1450. The number of anilines is 2. The van der Waals surface area contributed by atoms with Crippen molar-refractivity contribution in [3.05, 3.63) is 65.1 Å². The van der Waals surface area contributed by atoms with Gasteiger partial charge in [0.2, 0.25) is 10.0 Å². The van der Waals surface area contributed by atoms with Crippen LogP contribution in [0.25, 0.3) is 0 Å². The summed E-state index contributed by atoms with van der Waals surface area (Å²) >= 11 is 0. The Balaban J connectivity index is 1.42. The summed E-state index contributed by atoms with van der Waals surface area (Å²) in [7, 11) is -4.25. The maximum Gasteiger partial charge on any atom is 0.259 e. The Morgan fingerprint density at radius 3 is 2.61 bits per heavy atom. The van der Waals surface area contributed by atoms with Gasteiger partial charge in [-0.3, -0.25) is 14.9 Å². The van der Waals surface area contributed by atoms with Crippen LogP contribution in [0.1, 0.15) is 48.3 Å². The molecular formula is C25H28F2N6O4S. The van der Waals surface area contributed by atoms with Crippen LogP contribution in [0.2, 0.25) is 0 Å². The predicted octanol–water partition coefficient (Wildman–Crippen LogP) is 3.41. The fourth-order valence-electron chi connectivity index (χ4n) is 4.88. The molecule has 5 rings (SSSR count). The second-order valence-corrected chi connectivity index (χ2v) is 12.0. The third-order valence-corrected chi connectivity index (χ3v) is 8.57. The molecule has 1 amide bonds. The molecule has 1 fully saturated rings. The number of rotatable bonds is 6. The van der Waals surface area contributed by atoms with Crippen LogP contribution in [-0.4, -0.2) is 59.6 Å². The molecule has 4 heterocycles. The molecule has 10 nitrogen and oxygen atoms in total. The van der Waals surface area contributed by atoms with E-state index in [1.54, 1.807) is 12.3 Å². The Morgan fingerprint density at radius 1 is 1.18 bits per heavy atom. The number of aromatic nitrogens is 3. The van der Waals surface area contributed by atoms with Gasteiger partial charge in [-0.25, -0.2) is 17.2 Å². The van der Waals surface area contributed by atoms with Crippen molar-refractivity contribution in [3.8, 4) is 0 Å². The van der Waals surface area contributed by atoms with Crippen LogP contribution in [-0.2, 0) is 26.7 Å². The Hall–Kier alpha value is -3.42. The third-order valence-electron chi connectivity index (χ3n) is 6.80. The van der Waals surface area contributed by atoms with Crippen LogP contribution < -0.4 is 10.6 Å². The van der Waals surface area contributed by atoms with Gasteiger partial charge in [-0.2, -0.15) is 9.40 Å². The van der Waals surface area contributed by atoms with Gasteiger partial charge in [0.05, 0.1) is 22.3 Å². The van der Waals surface area contributed by atoms with Gasteiger partial charge in [-0.15, -0.1) is 0 Å². The quantitative estimate of drug-likeness (QED) is 0.432. The number of halogens is 2. The standard InChI is InChI=1S/C25H28F2N6O4S/c1-25(2)14-33(38(35,36)18-10-15(26)9-16(27)11-18)13-20-22(25)31-32-23(20)30-24(34)19-3-6-28-12-21(19)29-17-4-7-37-8-5-17/h3,6,9-12,17,29H,4-5,7-8,13-14H2,1-2H3,(H2,30,31,32,34). The molecule has 0 unspecified atom stereocenters. The monoisotopic (exact) mass is 546 g/mol. The van der Waals surface area contributed by atoms with Crippen LogP contribution in [0.3, 0.4) is 0 Å². The average Bonchev–Trinajstić information content (AvgIpc) is 3.27. The smallest absolute Gasteiger partial charge is 0.259 e. The largest absolute Gasteiger partial charge is 0.381 e. The molecule has 202 valence electrons. The number of hydrogen-bond donors (Lipinski definition) is 3. The fourth-order valence-corrected chi connectivity index (χ4v) is 6.49. The molecule has 0 atom stereocenters. The van der Waals surface area contributed by atoms with E-state index in [1.165, 1.54) is 6.20 Å². The van der Waals surface area contributed by atoms with Crippen LogP contribution in [0.15, 0.2) is 41.6 Å². The van der Waals surface area contributed by atoms with E-state index in [4.69, 9.17) is 4.74 Å². The Labute approximate surface area is 218 Å². The third kappa shape index (κ3) is 5.13. The van der Waals surface area contributed by atoms with Gasteiger partial charge in [0.15, 0.2) is 5.82 Å². The van der Waals surface area contributed by atoms with Crippen LogP contribution in [0.4, 0.5) is 20.3 Å². The molecule has 13 heteroatoms. The SMILES string of the molecule is CC1(C)CN(S(=O)(=O)c2cc(F)cc(F)c2)Cc2c(NC(=O)c3ccncc3NC3CCOCC3)n[nH]c21. The number of benzene rings is 1. The van der Waals surface area contributed by atoms with Gasteiger partial charge in [0.1, 0.15) is 11.6 Å². The lowest BCUT2D eigenvalue weighted by molar-refractivity contribution is 0.0904. The summed E-state index contributed by atoms with van der Waals surface area (Å²) in [5, 5.41) is 13.4. The minimum atomic E-state index is -4.25. The van der Waals surface area contributed by atoms with Crippen LogP contribution in [0.5, 0.6) is 0 Å². The second-order valence-electron chi connectivity index (χ2n) is 10.1. The van der Waals surface area contributed by atoms with Crippen LogP contribution >= 0.6 is 0 Å². The zero-order valence-electron chi connectivity index (χ0n) is 20.9. The molecule has 0 bridgehead atoms. The first-order valence-corrected chi connectivity index (χ1v) is 13.6. The number of fused-ring (bicyclic) bond motifs is 1. The predicted molar refractivity (Wildman–Crippen MR) is 135 cm³/mol. The number of sulfonamides is 1. The topological polar surface area (TPSA) is 129 Å². The van der Waals surface area contributed by atoms with E-state index < -0.39 is 37.9 Å². The highest BCUT2D eigenvalue weighted by Gasteiger charge is 2.41. The molecule has 0 saturated carbocycles. The minimum absolute atomic E-state index is 0.0412. The van der Waals surface area contributed by atoms with E-state index in [1.807, 2.05) is 13.8 Å². The van der Waals surface area contributed by atoms with Gasteiger partial charge in [0, 0.05) is 61.3 Å². The first-order valence-electron chi connectivity index (χ1n) is 12.2. The van der Waals surface area contributed by atoms with Crippen molar-refractivity contribution in [2.75, 3.05) is 30.4 Å². The van der Waals surface area contributed by atoms with Gasteiger partial charge >= 0.3 is 0 Å². The van der Waals surface area contributed by atoms with Crippen molar-refractivity contribution in [2.45, 2.75) is 49.6 Å². The second kappa shape index (κ2) is 10.0. The number of nitrogens with one attached hydrogen (secondary N) is 3. The summed E-state index contributed by atoms with van der Waals surface area (Å²) in [6, 6.07) is 3.93. The molecule has 0 aliphatic carbocycles.